The Bertz CT molecular complexity index is 473. The number of carbonyl (C=O) groups excluding carboxylic acids is 1. The molecule has 20 heavy (non-hydrogen) atoms. The van der Waals surface area contributed by atoms with Crippen LogP contribution in [0.25, 0.3) is 0 Å². The topological polar surface area (TPSA) is 58.6 Å². The Kier molecular flexibility index (Phi) is 4.88. The Morgan fingerprint density at radius 1 is 1.45 bits per heavy atom. The summed E-state index contributed by atoms with van der Waals surface area (Å²) in [5, 5.41) is 13.1. The number of benzene rings is 1. The lowest BCUT2D eigenvalue weighted by molar-refractivity contribution is -0.149. The Hall–Kier alpha value is -1.71. The van der Waals surface area contributed by atoms with E-state index in [1.54, 1.807) is 6.07 Å². The molecule has 0 radical (unpaired) electrons. The number of phenols is 1. The predicted molar refractivity (Wildman–Crippen MR) is 78.8 cm³/mol. The molecule has 1 aliphatic carbocycles. The molecule has 1 aromatic rings. The minimum absolute atomic E-state index is 0.000227. The van der Waals surface area contributed by atoms with Crippen LogP contribution >= 0.6 is 0 Å². The molecule has 1 aliphatic rings. The second kappa shape index (κ2) is 6.64. The Morgan fingerprint density at radius 2 is 2.25 bits per heavy atom. The highest BCUT2D eigenvalue weighted by Crippen LogP contribution is 2.29. The lowest BCUT2D eigenvalue weighted by atomic mass is 9.85. The van der Waals surface area contributed by atoms with Crippen LogP contribution < -0.4 is 5.32 Å². The fourth-order valence-electron chi connectivity index (χ4n) is 2.73. The summed E-state index contributed by atoms with van der Waals surface area (Å²) >= 11 is 0. The molecule has 0 bridgehead atoms. The number of anilines is 1. The van der Waals surface area contributed by atoms with Crippen molar-refractivity contribution in [2.75, 3.05) is 11.9 Å². The first kappa shape index (κ1) is 14.7. The summed E-state index contributed by atoms with van der Waals surface area (Å²) in [6, 6.07) is 5.86. The molecular weight excluding hydrogens is 254 g/mol. The molecule has 0 heterocycles. The van der Waals surface area contributed by atoms with Crippen LogP contribution in [0.1, 0.15) is 38.2 Å². The van der Waals surface area contributed by atoms with E-state index in [0.29, 0.717) is 12.4 Å². The lowest BCUT2D eigenvalue weighted by Crippen LogP contribution is -2.32. The highest BCUT2D eigenvalue weighted by atomic mass is 16.5. The van der Waals surface area contributed by atoms with E-state index in [2.05, 4.69) is 5.32 Å². The van der Waals surface area contributed by atoms with Crippen molar-refractivity contribution in [3.63, 3.8) is 0 Å². The normalized spacial score (nSPS) is 22.3. The van der Waals surface area contributed by atoms with E-state index in [9.17, 15) is 9.90 Å². The molecule has 2 N–H and O–H groups in total. The van der Waals surface area contributed by atoms with Crippen molar-refractivity contribution in [1.29, 1.82) is 0 Å². The van der Waals surface area contributed by atoms with E-state index in [1.807, 2.05) is 26.0 Å². The quantitative estimate of drug-likeness (QED) is 0.830. The van der Waals surface area contributed by atoms with E-state index >= 15 is 0 Å². The van der Waals surface area contributed by atoms with Crippen molar-refractivity contribution in [3.05, 3.63) is 23.8 Å². The summed E-state index contributed by atoms with van der Waals surface area (Å²) < 4.78 is 5.11. The minimum Gasteiger partial charge on any atom is -0.508 e. The number of hydrogen-bond acceptors (Lipinski definition) is 4. The van der Waals surface area contributed by atoms with E-state index in [0.717, 1.165) is 36.9 Å². The molecule has 0 aliphatic heterocycles. The monoisotopic (exact) mass is 277 g/mol. The number of aryl methyl sites for hydroxylation is 1. The molecule has 2 unspecified atom stereocenters. The van der Waals surface area contributed by atoms with Crippen LogP contribution in [-0.2, 0) is 9.53 Å². The van der Waals surface area contributed by atoms with Gasteiger partial charge in [-0.15, -0.1) is 0 Å². The van der Waals surface area contributed by atoms with Gasteiger partial charge < -0.3 is 15.2 Å². The molecule has 2 atom stereocenters. The standard InChI is InChI=1S/C16H23NO3/c1-3-20-16(19)12-5-4-6-13(9-12)17-14-8-7-11(2)15(18)10-14/h7-8,10,12-13,17-18H,3-6,9H2,1-2H3. The van der Waals surface area contributed by atoms with E-state index in [1.165, 1.54) is 0 Å². The van der Waals surface area contributed by atoms with Gasteiger partial charge in [0.15, 0.2) is 0 Å². The molecule has 0 amide bonds. The maximum absolute atomic E-state index is 11.8. The number of carbonyl (C=O) groups is 1. The molecule has 0 aromatic heterocycles. The Balaban J connectivity index is 1.95. The van der Waals surface area contributed by atoms with Crippen LogP contribution in [0.2, 0.25) is 0 Å². The Labute approximate surface area is 120 Å². The van der Waals surface area contributed by atoms with Gasteiger partial charge in [-0.3, -0.25) is 4.79 Å². The number of aromatic hydroxyl groups is 1. The number of ether oxygens (including phenoxy) is 1. The Morgan fingerprint density at radius 3 is 2.95 bits per heavy atom. The third kappa shape index (κ3) is 3.65. The second-order valence-electron chi connectivity index (χ2n) is 5.46. The number of rotatable bonds is 4. The molecule has 4 nitrogen and oxygen atoms in total. The predicted octanol–water partition coefficient (Wildman–Crippen LogP) is 3.23. The van der Waals surface area contributed by atoms with Gasteiger partial charge in [0.25, 0.3) is 0 Å². The molecule has 4 heteroatoms. The second-order valence-corrected chi connectivity index (χ2v) is 5.46. The molecule has 1 fully saturated rings. The fourth-order valence-corrected chi connectivity index (χ4v) is 2.73. The van der Waals surface area contributed by atoms with Gasteiger partial charge in [-0.05, 0) is 44.7 Å². The first-order valence-corrected chi connectivity index (χ1v) is 7.33. The summed E-state index contributed by atoms with van der Waals surface area (Å²) in [7, 11) is 0. The van der Waals surface area contributed by atoms with Crippen LogP contribution in [-0.4, -0.2) is 23.7 Å². The summed E-state index contributed by atoms with van der Waals surface area (Å²) in [6.07, 6.45) is 3.78. The zero-order chi connectivity index (χ0) is 14.5. The summed E-state index contributed by atoms with van der Waals surface area (Å²) in [5.41, 5.74) is 1.77. The largest absolute Gasteiger partial charge is 0.508 e. The molecule has 0 spiro atoms. The first-order chi connectivity index (χ1) is 9.60. The molecule has 110 valence electrons. The molecule has 1 aromatic carbocycles. The molecule has 0 saturated heterocycles. The summed E-state index contributed by atoms with van der Waals surface area (Å²) in [4.78, 5) is 11.8. The van der Waals surface area contributed by atoms with Crippen molar-refractivity contribution in [2.45, 2.75) is 45.6 Å². The summed E-state index contributed by atoms with van der Waals surface area (Å²) in [5.74, 6) is 0.221. The highest BCUT2D eigenvalue weighted by Gasteiger charge is 2.28. The highest BCUT2D eigenvalue weighted by molar-refractivity contribution is 5.72. The first-order valence-electron chi connectivity index (χ1n) is 7.33. The van der Waals surface area contributed by atoms with Crippen LogP contribution in [0.3, 0.4) is 0 Å². The van der Waals surface area contributed by atoms with E-state index < -0.39 is 0 Å². The smallest absolute Gasteiger partial charge is 0.308 e. The number of phenolic OH excluding ortho intramolecular Hbond substituents is 1. The van der Waals surface area contributed by atoms with Gasteiger partial charge in [0.2, 0.25) is 0 Å². The van der Waals surface area contributed by atoms with Crippen LogP contribution in [0, 0.1) is 12.8 Å². The maximum atomic E-state index is 11.8. The number of nitrogens with one attached hydrogen (secondary N) is 1. The number of hydrogen-bond donors (Lipinski definition) is 2. The van der Waals surface area contributed by atoms with Crippen molar-refractivity contribution in [2.24, 2.45) is 5.92 Å². The van der Waals surface area contributed by atoms with Gasteiger partial charge in [0.05, 0.1) is 12.5 Å². The van der Waals surface area contributed by atoms with Crippen LogP contribution in [0.15, 0.2) is 18.2 Å². The van der Waals surface area contributed by atoms with Crippen molar-refractivity contribution >= 4 is 11.7 Å². The van der Waals surface area contributed by atoms with Gasteiger partial charge >= 0.3 is 5.97 Å². The average Bonchev–Trinajstić information content (AvgIpc) is 2.43. The van der Waals surface area contributed by atoms with E-state index in [4.69, 9.17) is 4.74 Å². The van der Waals surface area contributed by atoms with Gasteiger partial charge in [-0.25, -0.2) is 0 Å². The van der Waals surface area contributed by atoms with Crippen molar-refractivity contribution in [1.82, 2.24) is 0 Å². The van der Waals surface area contributed by atoms with Gasteiger partial charge in [-0.1, -0.05) is 12.5 Å². The zero-order valence-corrected chi connectivity index (χ0v) is 12.2. The fraction of sp³-hybridized carbons (Fsp3) is 0.562. The molecular formula is C16H23NO3. The maximum Gasteiger partial charge on any atom is 0.308 e. The number of esters is 1. The average molecular weight is 277 g/mol. The zero-order valence-electron chi connectivity index (χ0n) is 12.2. The third-order valence-corrected chi connectivity index (χ3v) is 3.87. The van der Waals surface area contributed by atoms with Crippen molar-refractivity contribution < 1.29 is 14.6 Å². The van der Waals surface area contributed by atoms with E-state index in [-0.39, 0.29) is 17.9 Å². The van der Waals surface area contributed by atoms with Gasteiger partial charge in [0.1, 0.15) is 5.75 Å². The van der Waals surface area contributed by atoms with Crippen LogP contribution in [0.5, 0.6) is 5.75 Å². The SMILES string of the molecule is CCOC(=O)C1CCCC(Nc2ccc(C)c(O)c2)C1. The van der Waals surface area contributed by atoms with Crippen LogP contribution in [0.4, 0.5) is 5.69 Å². The molecule has 1 saturated carbocycles. The minimum atomic E-state index is -0.0780. The summed E-state index contributed by atoms with van der Waals surface area (Å²) in [6.45, 7) is 4.15. The lowest BCUT2D eigenvalue weighted by Gasteiger charge is -2.29. The third-order valence-electron chi connectivity index (χ3n) is 3.87. The van der Waals surface area contributed by atoms with Gasteiger partial charge in [-0.2, -0.15) is 0 Å². The molecule has 2 rings (SSSR count). The van der Waals surface area contributed by atoms with Gasteiger partial charge in [0, 0.05) is 17.8 Å². The van der Waals surface area contributed by atoms with Crippen molar-refractivity contribution in [3.8, 4) is 5.75 Å².